The highest BCUT2D eigenvalue weighted by molar-refractivity contribution is 6.31. The Hall–Kier alpha value is -2.86. The average molecular weight is 429 g/mol. The van der Waals surface area contributed by atoms with Crippen LogP contribution in [0, 0.1) is 5.82 Å². The van der Waals surface area contributed by atoms with E-state index >= 15 is 0 Å². The number of ether oxygens (including phenoxy) is 1. The molecule has 2 heterocycles. The van der Waals surface area contributed by atoms with E-state index in [1.807, 2.05) is 24.3 Å². The van der Waals surface area contributed by atoms with Crippen molar-refractivity contribution in [2.45, 2.75) is 31.7 Å². The molecule has 4 rings (SSSR count). The van der Waals surface area contributed by atoms with Crippen LogP contribution in [0.3, 0.4) is 0 Å². The molecule has 0 unspecified atom stereocenters. The molecule has 5 nitrogen and oxygen atoms in total. The lowest BCUT2D eigenvalue weighted by molar-refractivity contribution is -0.141. The van der Waals surface area contributed by atoms with Crippen LogP contribution in [0.5, 0.6) is 0 Å². The second-order valence-electron chi connectivity index (χ2n) is 7.37. The van der Waals surface area contributed by atoms with Gasteiger partial charge in [-0.1, -0.05) is 35.9 Å². The highest BCUT2D eigenvalue weighted by atomic mass is 35.5. The van der Waals surface area contributed by atoms with Crippen molar-refractivity contribution in [3.8, 4) is 0 Å². The standard InChI is InChI=1S/C23H22ClFN2O3/c1-30-20(29)11-5-10-19(28)27-13-12-15-14-6-2-3-9-18(14)26-22(15)23(27)21-16(24)7-4-8-17(21)25/h2-4,6-9,23,26H,5,10-13H2,1H3/t23-/m1/s1. The van der Waals surface area contributed by atoms with Gasteiger partial charge in [-0.15, -0.1) is 0 Å². The second kappa shape index (κ2) is 8.48. The van der Waals surface area contributed by atoms with Crippen molar-refractivity contribution in [3.05, 3.63) is 70.1 Å². The number of halogens is 2. The topological polar surface area (TPSA) is 62.4 Å². The first-order valence-corrected chi connectivity index (χ1v) is 10.3. The van der Waals surface area contributed by atoms with E-state index in [-0.39, 0.29) is 35.3 Å². The molecule has 0 saturated carbocycles. The number of esters is 1. The number of nitrogens with zero attached hydrogens (tertiary/aromatic N) is 1. The van der Waals surface area contributed by atoms with E-state index in [1.54, 1.807) is 17.0 Å². The fourth-order valence-corrected chi connectivity index (χ4v) is 4.48. The van der Waals surface area contributed by atoms with Crippen molar-refractivity contribution in [1.82, 2.24) is 9.88 Å². The lowest BCUT2D eigenvalue weighted by Crippen LogP contribution is -2.41. The summed E-state index contributed by atoms with van der Waals surface area (Å²) in [6.07, 6.45) is 1.37. The first-order valence-electron chi connectivity index (χ1n) is 9.91. The molecule has 0 fully saturated rings. The van der Waals surface area contributed by atoms with Gasteiger partial charge in [0.25, 0.3) is 0 Å². The number of fused-ring (bicyclic) bond motifs is 3. The lowest BCUT2D eigenvalue weighted by Gasteiger charge is -2.37. The van der Waals surface area contributed by atoms with Crippen molar-refractivity contribution in [3.63, 3.8) is 0 Å². The van der Waals surface area contributed by atoms with Crippen molar-refractivity contribution in [2.75, 3.05) is 13.7 Å². The smallest absolute Gasteiger partial charge is 0.305 e. The van der Waals surface area contributed by atoms with E-state index in [2.05, 4.69) is 9.72 Å². The molecule has 1 atom stereocenters. The van der Waals surface area contributed by atoms with Crippen molar-refractivity contribution in [1.29, 1.82) is 0 Å². The minimum Gasteiger partial charge on any atom is -0.469 e. The number of nitrogens with one attached hydrogen (secondary N) is 1. The Bertz CT molecular complexity index is 1090. The van der Waals surface area contributed by atoms with E-state index in [0.717, 1.165) is 22.2 Å². The largest absolute Gasteiger partial charge is 0.469 e. The Morgan fingerprint density at radius 1 is 1.20 bits per heavy atom. The van der Waals surface area contributed by atoms with Crippen LogP contribution >= 0.6 is 11.6 Å². The molecule has 2 aromatic carbocycles. The highest BCUT2D eigenvalue weighted by Gasteiger charge is 2.36. The third kappa shape index (κ3) is 3.67. The van der Waals surface area contributed by atoms with Gasteiger partial charge >= 0.3 is 5.97 Å². The number of benzene rings is 2. The van der Waals surface area contributed by atoms with Gasteiger partial charge in [-0.05, 0) is 36.6 Å². The van der Waals surface area contributed by atoms with Gasteiger partial charge in [0.05, 0.1) is 7.11 Å². The molecule has 3 aromatic rings. The van der Waals surface area contributed by atoms with Gasteiger partial charge in [0.1, 0.15) is 11.9 Å². The predicted molar refractivity (Wildman–Crippen MR) is 113 cm³/mol. The fourth-order valence-electron chi connectivity index (χ4n) is 4.21. The SMILES string of the molecule is COC(=O)CCCC(=O)N1CCc2c([nH]c3ccccc23)[C@H]1c1c(F)cccc1Cl. The van der Waals surface area contributed by atoms with Gasteiger partial charge in [-0.3, -0.25) is 9.59 Å². The maximum absolute atomic E-state index is 14.9. The lowest BCUT2D eigenvalue weighted by atomic mass is 9.91. The molecule has 0 aliphatic carbocycles. The summed E-state index contributed by atoms with van der Waals surface area (Å²) in [5.74, 6) is -0.952. The minimum absolute atomic E-state index is 0.146. The second-order valence-corrected chi connectivity index (χ2v) is 7.77. The summed E-state index contributed by atoms with van der Waals surface area (Å²) in [7, 11) is 1.32. The molecule has 156 valence electrons. The summed E-state index contributed by atoms with van der Waals surface area (Å²) in [5.41, 5.74) is 3.09. The highest BCUT2D eigenvalue weighted by Crippen LogP contribution is 2.41. The van der Waals surface area contributed by atoms with Gasteiger partial charge in [0, 0.05) is 46.6 Å². The average Bonchev–Trinajstić information content (AvgIpc) is 3.12. The molecular weight excluding hydrogens is 407 g/mol. The summed E-state index contributed by atoms with van der Waals surface area (Å²) in [5, 5.41) is 1.35. The minimum atomic E-state index is -0.652. The molecule has 1 aliphatic rings. The van der Waals surface area contributed by atoms with Gasteiger partial charge in [-0.2, -0.15) is 0 Å². The number of rotatable bonds is 5. The Morgan fingerprint density at radius 2 is 2.00 bits per heavy atom. The Labute approximate surface area is 178 Å². The molecule has 30 heavy (non-hydrogen) atoms. The zero-order valence-corrected chi connectivity index (χ0v) is 17.3. The molecule has 1 N–H and O–H groups in total. The molecule has 0 radical (unpaired) electrons. The first kappa shape index (κ1) is 20.4. The van der Waals surface area contributed by atoms with Crippen molar-refractivity contribution < 1.29 is 18.7 Å². The molecule has 1 amide bonds. The maximum atomic E-state index is 14.9. The molecule has 0 bridgehead atoms. The Morgan fingerprint density at radius 3 is 2.77 bits per heavy atom. The number of carbonyl (C=O) groups is 2. The zero-order valence-electron chi connectivity index (χ0n) is 16.6. The Kier molecular flexibility index (Phi) is 5.77. The number of aromatic nitrogens is 1. The third-order valence-corrected chi connectivity index (χ3v) is 5.96. The maximum Gasteiger partial charge on any atom is 0.305 e. The molecule has 1 aromatic heterocycles. The van der Waals surface area contributed by atoms with Crippen molar-refractivity contribution >= 4 is 34.4 Å². The van der Waals surface area contributed by atoms with Crippen molar-refractivity contribution in [2.24, 2.45) is 0 Å². The van der Waals surface area contributed by atoms with Crippen LogP contribution in [-0.4, -0.2) is 35.4 Å². The summed E-state index contributed by atoms with van der Waals surface area (Å²) in [6.45, 7) is 0.446. The summed E-state index contributed by atoms with van der Waals surface area (Å²) in [6, 6.07) is 11.8. The van der Waals surface area contributed by atoms with Crippen LogP contribution < -0.4 is 0 Å². The summed E-state index contributed by atoms with van der Waals surface area (Å²) in [4.78, 5) is 29.5. The quantitative estimate of drug-likeness (QED) is 0.595. The summed E-state index contributed by atoms with van der Waals surface area (Å²) < 4.78 is 19.6. The third-order valence-electron chi connectivity index (χ3n) is 5.63. The fraction of sp³-hybridized carbons (Fsp3) is 0.304. The van der Waals surface area contributed by atoms with E-state index in [4.69, 9.17) is 11.6 Å². The number of hydrogen-bond donors (Lipinski definition) is 1. The van der Waals surface area contributed by atoms with E-state index < -0.39 is 11.9 Å². The van der Waals surface area contributed by atoms with Crippen LogP contribution in [-0.2, 0) is 20.7 Å². The Balaban J connectivity index is 1.75. The van der Waals surface area contributed by atoms with Gasteiger partial charge in [0.15, 0.2) is 0 Å². The monoisotopic (exact) mass is 428 g/mol. The number of amides is 1. The van der Waals surface area contributed by atoms with Gasteiger partial charge in [-0.25, -0.2) is 4.39 Å². The molecule has 0 spiro atoms. The summed E-state index contributed by atoms with van der Waals surface area (Å²) >= 11 is 6.41. The van der Waals surface area contributed by atoms with Crippen LogP contribution in [0.4, 0.5) is 4.39 Å². The van der Waals surface area contributed by atoms with Crippen LogP contribution in [0.2, 0.25) is 5.02 Å². The number of carbonyl (C=O) groups excluding carboxylic acids is 2. The number of aromatic amines is 1. The predicted octanol–water partition coefficient (Wildman–Crippen LogP) is 4.78. The van der Waals surface area contributed by atoms with Gasteiger partial charge in [0.2, 0.25) is 5.91 Å². The number of methoxy groups -OCH3 is 1. The van der Waals surface area contributed by atoms with E-state index in [9.17, 15) is 14.0 Å². The van der Waals surface area contributed by atoms with Crippen LogP contribution in [0.15, 0.2) is 42.5 Å². The van der Waals surface area contributed by atoms with Gasteiger partial charge < -0.3 is 14.6 Å². The zero-order chi connectivity index (χ0) is 21.3. The molecule has 7 heteroatoms. The van der Waals surface area contributed by atoms with Crippen LogP contribution in [0.1, 0.15) is 42.1 Å². The molecule has 0 saturated heterocycles. The van der Waals surface area contributed by atoms with E-state index in [1.165, 1.54) is 13.2 Å². The first-order chi connectivity index (χ1) is 14.5. The number of hydrogen-bond acceptors (Lipinski definition) is 3. The normalized spacial score (nSPS) is 15.8. The molecule has 1 aliphatic heterocycles. The van der Waals surface area contributed by atoms with E-state index in [0.29, 0.717) is 19.4 Å². The number of H-pyrrole nitrogens is 1. The molecular formula is C23H22ClFN2O3. The number of para-hydroxylation sites is 1. The van der Waals surface area contributed by atoms with Crippen LogP contribution in [0.25, 0.3) is 10.9 Å².